The molecule has 0 saturated carbocycles. The molecule has 0 radical (unpaired) electrons. The van der Waals surface area contributed by atoms with Crippen molar-refractivity contribution in [2.45, 2.75) is 32.3 Å². The lowest BCUT2D eigenvalue weighted by Crippen LogP contribution is -2.20. The highest BCUT2D eigenvalue weighted by Crippen LogP contribution is 2.25. The zero-order chi connectivity index (χ0) is 12.9. The molecule has 0 aliphatic heterocycles. The molecule has 0 aliphatic carbocycles. The quantitative estimate of drug-likeness (QED) is 0.632. The Morgan fingerprint density at radius 1 is 1.41 bits per heavy atom. The highest BCUT2D eigenvalue weighted by molar-refractivity contribution is 6.09. The predicted octanol–water partition coefficient (Wildman–Crippen LogP) is 1.17. The van der Waals surface area contributed by atoms with Crippen molar-refractivity contribution >= 4 is 16.2 Å². The maximum absolute atomic E-state index is 11.5. The van der Waals surface area contributed by atoms with Crippen LogP contribution in [0.2, 0.25) is 0 Å². The first-order chi connectivity index (χ1) is 8.01. The minimum Gasteiger partial charge on any atom is -0.467 e. The van der Waals surface area contributed by atoms with E-state index in [9.17, 15) is 9.90 Å². The smallest absolute Gasteiger partial charge is 0.337 e. The number of esters is 1. The molecule has 1 atom stereocenters. The van der Waals surface area contributed by atoms with Crippen LogP contribution >= 0.6 is 0 Å². The first kappa shape index (κ1) is 13.9. The van der Waals surface area contributed by atoms with Gasteiger partial charge in [-0.25, -0.2) is 4.79 Å². The van der Waals surface area contributed by atoms with E-state index in [2.05, 4.69) is 0 Å². The minimum absolute atomic E-state index is 0.290. The Morgan fingerprint density at radius 3 is 2.47 bits per heavy atom. The molecule has 0 amide bonds. The molecule has 0 saturated heterocycles. The third-order valence-electron chi connectivity index (χ3n) is 2.75. The van der Waals surface area contributed by atoms with Crippen LogP contribution in [-0.4, -0.2) is 27.5 Å². The second-order valence-corrected chi connectivity index (χ2v) is 4.90. The molecule has 17 heavy (non-hydrogen) atoms. The summed E-state index contributed by atoms with van der Waals surface area (Å²) in [5.41, 5.74) is 0.549. The molecule has 1 aromatic rings. The van der Waals surface area contributed by atoms with E-state index >= 15 is 0 Å². The van der Waals surface area contributed by atoms with Crippen molar-refractivity contribution in [1.82, 2.24) is 0 Å². The lowest BCUT2D eigenvalue weighted by Gasteiger charge is -2.23. The van der Waals surface area contributed by atoms with Crippen molar-refractivity contribution in [1.29, 1.82) is 0 Å². The van der Waals surface area contributed by atoms with Crippen LogP contribution in [0.4, 0.5) is 0 Å². The number of carbonyl (C=O) groups is 1. The second-order valence-electron chi connectivity index (χ2n) is 4.32. The van der Waals surface area contributed by atoms with E-state index in [0.717, 1.165) is 22.2 Å². The standard InChI is InChI=1S/C13H20O3Si/c1-3-8-13(2,15)11-6-4-10(5-7-11)12(14)16-9-17/h4-7,15H,3,8-9H2,1-2,17H3. The minimum atomic E-state index is -0.825. The van der Waals surface area contributed by atoms with E-state index < -0.39 is 5.60 Å². The van der Waals surface area contributed by atoms with Crippen LogP contribution in [0.15, 0.2) is 24.3 Å². The van der Waals surface area contributed by atoms with Crippen molar-refractivity contribution < 1.29 is 14.6 Å². The molecule has 1 unspecified atom stereocenters. The zero-order valence-electron chi connectivity index (χ0n) is 10.7. The molecule has 1 N–H and O–H groups in total. The molecule has 1 aromatic carbocycles. The molecule has 0 bridgehead atoms. The third kappa shape index (κ3) is 3.68. The predicted molar refractivity (Wildman–Crippen MR) is 71.1 cm³/mol. The zero-order valence-corrected chi connectivity index (χ0v) is 12.7. The molecule has 3 nitrogen and oxygen atoms in total. The topological polar surface area (TPSA) is 46.5 Å². The summed E-state index contributed by atoms with van der Waals surface area (Å²) >= 11 is 0. The van der Waals surface area contributed by atoms with Crippen LogP contribution in [-0.2, 0) is 10.3 Å². The Bertz CT molecular complexity index is 371. The lowest BCUT2D eigenvalue weighted by molar-refractivity contribution is 0.0466. The van der Waals surface area contributed by atoms with Gasteiger partial charge in [0, 0.05) is 0 Å². The van der Waals surface area contributed by atoms with Gasteiger partial charge < -0.3 is 9.84 Å². The van der Waals surface area contributed by atoms with Gasteiger partial charge in [-0.15, -0.1) is 0 Å². The summed E-state index contributed by atoms with van der Waals surface area (Å²) in [5.74, 6) is -0.290. The Hall–Kier alpha value is -1.13. The number of aliphatic hydroxyl groups is 1. The van der Waals surface area contributed by atoms with Gasteiger partial charge in [0.1, 0.15) is 0 Å². The molecule has 4 heteroatoms. The monoisotopic (exact) mass is 252 g/mol. The fraction of sp³-hybridized carbons (Fsp3) is 0.462. The van der Waals surface area contributed by atoms with E-state index in [4.69, 9.17) is 4.74 Å². The molecular formula is C13H20O3Si. The Kier molecular flexibility index (Phi) is 4.90. The van der Waals surface area contributed by atoms with Crippen LogP contribution < -0.4 is 0 Å². The summed E-state index contributed by atoms with van der Waals surface area (Å²) in [4.78, 5) is 11.5. The fourth-order valence-electron chi connectivity index (χ4n) is 1.81. The van der Waals surface area contributed by atoms with Crippen LogP contribution in [0, 0.1) is 0 Å². The summed E-state index contributed by atoms with van der Waals surface area (Å²) in [6, 6.07) is 7.00. The molecule has 0 heterocycles. The lowest BCUT2D eigenvalue weighted by atomic mass is 9.91. The van der Waals surface area contributed by atoms with Gasteiger partial charge in [-0.3, -0.25) is 0 Å². The molecule has 1 rings (SSSR count). The van der Waals surface area contributed by atoms with Crippen molar-refractivity contribution in [2.24, 2.45) is 0 Å². The Labute approximate surface area is 105 Å². The van der Waals surface area contributed by atoms with E-state index in [-0.39, 0.29) is 5.97 Å². The van der Waals surface area contributed by atoms with Crippen molar-refractivity contribution in [3.63, 3.8) is 0 Å². The SMILES string of the molecule is CCCC(C)(O)c1ccc(C(=O)OC[SiH3])cc1. The number of hydrogen-bond acceptors (Lipinski definition) is 3. The van der Waals surface area contributed by atoms with Gasteiger partial charge in [0.25, 0.3) is 0 Å². The average molecular weight is 252 g/mol. The van der Waals surface area contributed by atoms with Crippen molar-refractivity contribution in [2.75, 3.05) is 6.23 Å². The van der Waals surface area contributed by atoms with E-state index in [1.165, 1.54) is 0 Å². The largest absolute Gasteiger partial charge is 0.467 e. The highest BCUT2D eigenvalue weighted by Gasteiger charge is 2.21. The van der Waals surface area contributed by atoms with Gasteiger partial charge in [0.2, 0.25) is 0 Å². The number of hydrogen-bond donors (Lipinski definition) is 1. The van der Waals surface area contributed by atoms with Gasteiger partial charge in [0.05, 0.1) is 27.6 Å². The number of carbonyl (C=O) groups excluding carboxylic acids is 1. The van der Waals surface area contributed by atoms with E-state index in [1.54, 1.807) is 31.2 Å². The summed E-state index contributed by atoms with van der Waals surface area (Å²) in [6.07, 6.45) is 2.13. The summed E-state index contributed by atoms with van der Waals surface area (Å²) < 4.78 is 4.96. The molecule has 0 aliphatic rings. The number of ether oxygens (including phenoxy) is 1. The summed E-state index contributed by atoms with van der Waals surface area (Å²) in [5, 5.41) is 10.2. The van der Waals surface area contributed by atoms with E-state index in [1.807, 2.05) is 6.92 Å². The summed E-state index contributed by atoms with van der Waals surface area (Å²) in [7, 11) is 0.847. The van der Waals surface area contributed by atoms with Crippen molar-refractivity contribution in [3.8, 4) is 0 Å². The molecule has 94 valence electrons. The molecule has 0 spiro atoms. The average Bonchev–Trinajstić information content (AvgIpc) is 2.29. The molecule has 0 fully saturated rings. The van der Waals surface area contributed by atoms with E-state index in [0.29, 0.717) is 18.2 Å². The van der Waals surface area contributed by atoms with Gasteiger partial charge >= 0.3 is 5.97 Å². The van der Waals surface area contributed by atoms with Crippen LogP contribution in [0.5, 0.6) is 0 Å². The maximum atomic E-state index is 11.5. The summed E-state index contributed by atoms with van der Waals surface area (Å²) in [6.45, 7) is 3.83. The number of benzene rings is 1. The fourth-order valence-corrected chi connectivity index (χ4v) is 2.07. The van der Waals surface area contributed by atoms with Gasteiger partial charge in [-0.1, -0.05) is 25.5 Å². The highest BCUT2D eigenvalue weighted by atomic mass is 28.1. The van der Waals surface area contributed by atoms with Crippen LogP contribution in [0.25, 0.3) is 0 Å². The van der Waals surface area contributed by atoms with Gasteiger partial charge in [0.15, 0.2) is 0 Å². The van der Waals surface area contributed by atoms with Crippen LogP contribution in [0.3, 0.4) is 0 Å². The van der Waals surface area contributed by atoms with Gasteiger partial charge in [-0.05, 0) is 31.0 Å². The molecule has 0 aromatic heterocycles. The third-order valence-corrected chi connectivity index (χ3v) is 3.04. The first-order valence-electron chi connectivity index (χ1n) is 6.01. The normalized spacial score (nSPS) is 14.3. The Morgan fingerprint density at radius 2 is 2.00 bits per heavy atom. The van der Waals surface area contributed by atoms with Crippen molar-refractivity contribution in [3.05, 3.63) is 35.4 Å². The Balaban J connectivity index is 2.84. The van der Waals surface area contributed by atoms with Crippen LogP contribution in [0.1, 0.15) is 42.6 Å². The maximum Gasteiger partial charge on any atom is 0.337 e. The first-order valence-corrected chi connectivity index (χ1v) is 7.42. The second kappa shape index (κ2) is 5.98. The molecular weight excluding hydrogens is 232 g/mol. The number of rotatable bonds is 5. The van der Waals surface area contributed by atoms with Gasteiger partial charge in [-0.2, -0.15) is 0 Å².